The Balaban J connectivity index is 2.35. The molecule has 0 aromatic heterocycles. The van der Waals surface area contributed by atoms with Crippen molar-refractivity contribution in [1.29, 1.82) is 0 Å². The molecule has 1 atom stereocenters. The number of carbonyl (C=O) groups is 1. The molecule has 14 heavy (non-hydrogen) atoms. The van der Waals surface area contributed by atoms with Crippen molar-refractivity contribution in [2.24, 2.45) is 11.1 Å². The van der Waals surface area contributed by atoms with Crippen molar-refractivity contribution in [3.05, 3.63) is 0 Å². The molecule has 1 heterocycles. The van der Waals surface area contributed by atoms with Gasteiger partial charge in [-0.3, -0.25) is 0 Å². The Kier molecular flexibility index (Phi) is 3.92. The van der Waals surface area contributed by atoms with Crippen LogP contribution in [0.15, 0.2) is 5.16 Å². The molecule has 1 aliphatic rings. The van der Waals surface area contributed by atoms with Gasteiger partial charge in [0.2, 0.25) is 0 Å². The molecule has 0 N–H and O–H groups in total. The zero-order valence-corrected chi connectivity index (χ0v) is 8.95. The number of hydrogen-bond acceptors (Lipinski definition) is 4. The fraction of sp³-hybridized carbons (Fsp3) is 0.800. The maximum absolute atomic E-state index is 11.2. The summed E-state index contributed by atoms with van der Waals surface area (Å²) in [6, 6.07) is 0. The topological polar surface area (TPSA) is 47.9 Å². The van der Waals surface area contributed by atoms with E-state index in [1.54, 1.807) is 6.92 Å². The standard InChI is InChI=1S/C10H17NO3/c1-4-13-10(12)9-6-8(14-11-9)5-7(2)3/h7-8H,4-6H2,1-3H3/t8-/m1/s1. The van der Waals surface area contributed by atoms with E-state index in [-0.39, 0.29) is 12.1 Å². The second kappa shape index (κ2) is 4.98. The molecule has 0 unspecified atom stereocenters. The highest BCUT2D eigenvalue weighted by Crippen LogP contribution is 2.18. The largest absolute Gasteiger partial charge is 0.461 e. The Bertz CT molecular complexity index is 236. The van der Waals surface area contributed by atoms with Crippen molar-refractivity contribution < 1.29 is 14.4 Å². The highest BCUT2D eigenvalue weighted by Gasteiger charge is 2.27. The van der Waals surface area contributed by atoms with E-state index in [1.165, 1.54) is 0 Å². The van der Waals surface area contributed by atoms with Crippen molar-refractivity contribution >= 4 is 11.7 Å². The normalized spacial score (nSPS) is 20.6. The van der Waals surface area contributed by atoms with Crippen LogP contribution in [0.2, 0.25) is 0 Å². The van der Waals surface area contributed by atoms with Gasteiger partial charge in [0.05, 0.1) is 6.61 Å². The molecule has 0 amide bonds. The van der Waals surface area contributed by atoms with Gasteiger partial charge < -0.3 is 9.57 Å². The third kappa shape index (κ3) is 3.01. The molecule has 0 bridgehead atoms. The number of nitrogens with zero attached hydrogens (tertiary/aromatic N) is 1. The number of esters is 1. The molecule has 0 fully saturated rings. The number of oxime groups is 1. The van der Waals surface area contributed by atoms with E-state index in [9.17, 15) is 4.79 Å². The average Bonchev–Trinajstić information content (AvgIpc) is 2.52. The number of carbonyl (C=O) groups excluding carboxylic acids is 1. The first kappa shape index (κ1) is 11.0. The number of ether oxygens (including phenoxy) is 1. The van der Waals surface area contributed by atoms with Crippen molar-refractivity contribution in [2.45, 2.75) is 39.7 Å². The van der Waals surface area contributed by atoms with Crippen LogP contribution in [0.4, 0.5) is 0 Å². The minimum absolute atomic E-state index is 0.0504. The van der Waals surface area contributed by atoms with Crippen molar-refractivity contribution in [3.63, 3.8) is 0 Å². The summed E-state index contributed by atoms with van der Waals surface area (Å²) in [6.07, 6.45) is 1.55. The van der Waals surface area contributed by atoms with Crippen molar-refractivity contribution in [3.8, 4) is 0 Å². The van der Waals surface area contributed by atoms with E-state index in [2.05, 4.69) is 19.0 Å². The highest BCUT2D eigenvalue weighted by atomic mass is 16.6. The van der Waals surface area contributed by atoms with Gasteiger partial charge in [-0.15, -0.1) is 0 Å². The van der Waals surface area contributed by atoms with Gasteiger partial charge in [0, 0.05) is 6.42 Å². The van der Waals surface area contributed by atoms with Crippen LogP contribution in [0.1, 0.15) is 33.6 Å². The predicted octanol–water partition coefficient (Wildman–Crippen LogP) is 1.74. The van der Waals surface area contributed by atoms with Crippen LogP contribution < -0.4 is 0 Å². The smallest absolute Gasteiger partial charge is 0.356 e. The number of rotatable bonds is 4. The molecule has 0 saturated carbocycles. The van der Waals surface area contributed by atoms with E-state index in [1.807, 2.05) is 0 Å². The molecule has 0 aliphatic carbocycles. The molecular formula is C10H17NO3. The fourth-order valence-electron chi connectivity index (χ4n) is 1.42. The zero-order chi connectivity index (χ0) is 10.6. The third-order valence-corrected chi connectivity index (χ3v) is 1.98. The van der Waals surface area contributed by atoms with Gasteiger partial charge in [0.1, 0.15) is 6.10 Å². The lowest BCUT2D eigenvalue weighted by Gasteiger charge is -2.09. The first-order chi connectivity index (χ1) is 6.63. The monoisotopic (exact) mass is 199 g/mol. The molecule has 1 rings (SSSR count). The summed E-state index contributed by atoms with van der Waals surface area (Å²) in [5.41, 5.74) is 0.414. The zero-order valence-electron chi connectivity index (χ0n) is 8.95. The van der Waals surface area contributed by atoms with Crippen molar-refractivity contribution in [2.75, 3.05) is 6.61 Å². The molecule has 0 aromatic carbocycles. The van der Waals surface area contributed by atoms with E-state index < -0.39 is 0 Å². The summed E-state index contributed by atoms with van der Waals surface area (Å²) in [5.74, 6) is 0.204. The molecule has 4 heteroatoms. The van der Waals surface area contributed by atoms with Crippen LogP contribution in [0.5, 0.6) is 0 Å². The molecule has 0 spiro atoms. The van der Waals surface area contributed by atoms with Crippen LogP contribution in [0, 0.1) is 5.92 Å². The average molecular weight is 199 g/mol. The van der Waals surface area contributed by atoms with Crippen LogP contribution in [0.3, 0.4) is 0 Å². The maximum atomic E-state index is 11.2. The van der Waals surface area contributed by atoms with Gasteiger partial charge in [0.15, 0.2) is 5.71 Å². The SMILES string of the molecule is CCOC(=O)C1=NO[C@H](CC(C)C)C1. The van der Waals surface area contributed by atoms with Gasteiger partial charge in [-0.2, -0.15) is 0 Å². The lowest BCUT2D eigenvalue weighted by Crippen LogP contribution is -2.18. The second-order valence-electron chi connectivity index (χ2n) is 3.82. The molecular weight excluding hydrogens is 182 g/mol. The van der Waals surface area contributed by atoms with Crippen molar-refractivity contribution in [1.82, 2.24) is 0 Å². The molecule has 1 aliphatic heterocycles. The summed E-state index contributed by atoms with van der Waals surface area (Å²) in [4.78, 5) is 16.4. The second-order valence-corrected chi connectivity index (χ2v) is 3.82. The lowest BCUT2D eigenvalue weighted by atomic mass is 10.0. The van der Waals surface area contributed by atoms with Gasteiger partial charge in [-0.25, -0.2) is 4.79 Å². The van der Waals surface area contributed by atoms with Gasteiger partial charge in [0.25, 0.3) is 0 Å². The minimum Gasteiger partial charge on any atom is -0.461 e. The van der Waals surface area contributed by atoms with Gasteiger partial charge >= 0.3 is 5.97 Å². The van der Waals surface area contributed by atoms with Crippen LogP contribution >= 0.6 is 0 Å². The molecule has 4 nitrogen and oxygen atoms in total. The highest BCUT2D eigenvalue weighted by molar-refractivity contribution is 6.36. The van der Waals surface area contributed by atoms with E-state index in [4.69, 9.17) is 9.57 Å². The first-order valence-electron chi connectivity index (χ1n) is 5.03. The lowest BCUT2D eigenvalue weighted by molar-refractivity contribution is -0.135. The minimum atomic E-state index is -0.348. The Labute approximate surface area is 84.3 Å². The van der Waals surface area contributed by atoms with Gasteiger partial charge in [-0.05, 0) is 19.3 Å². The summed E-state index contributed by atoms with van der Waals surface area (Å²) >= 11 is 0. The molecule has 0 aromatic rings. The maximum Gasteiger partial charge on any atom is 0.356 e. The Morgan fingerprint density at radius 3 is 3.00 bits per heavy atom. The first-order valence-corrected chi connectivity index (χ1v) is 5.03. The van der Waals surface area contributed by atoms with Crippen LogP contribution in [0.25, 0.3) is 0 Å². The summed E-state index contributed by atoms with van der Waals surface area (Å²) in [6.45, 7) is 6.39. The third-order valence-electron chi connectivity index (χ3n) is 1.98. The summed E-state index contributed by atoms with van der Waals surface area (Å²) in [7, 11) is 0. The van der Waals surface area contributed by atoms with E-state index in [0.29, 0.717) is 24.7 Å². The van der Waals surface area contributed by atoms with Crippen LogP contribution in [-0.2, 0) is 14.4 Å². The van der Waals surface area contributed by atoms with Crippen LogP contribution in [-0.4, -0.2) is 24.4 Å². The summed E-state index contributed by atoms with van der Waals surface area (Å²) in [5, 5.41) is 3.73. The molecule has 0 radical (unpaired) electrons. The Hall–Kier alpha value is -1.06. The predicted molar refractivity (Wildman–Crippen MR) is 53.0 cm³/mol. The van der Waals surface area contributed by atoms with E-state index >= 15 is 0 Å². The molecule has 0 saturated heterocycles. The summed E-state index contributed by atoms with van der Waals surface area (Å²) < 4.78 is 4.83. The van der Waals surface area contributed by atoms with E-state index in [0.717, 1.165) is 6.42 Å². The fourth-order valence-corrected chi connectivity index (χ4v) is 1.42. The Morgan fingerprint density at radius 2 is 2.43 bits per heavy atom. The number of hydrogen-bond donors (Lipinski definition) is 0. The van der Waals surface area contributed by atoms with Gasteiger partial charge in [-0.1, -0.05) is 19.0 Å². The molecule has 80 valence electrons. The quantitative estimate of drug-likeness (QED) is 0.648. The Morgan fingerprint density at radius 1 is 1.71 bits per heavy atom.